The first kappa shape index (κ1) is 34.4. The molecule has 0 aliphatic carbocycles. The second-order valence-electron chi connectivity index (χ2n) is 14.9. The second kappa shape index (κ2) is 12.8. The second-order valence-corrected chi connectivity index (χ2v) is 14.9. The first-order valence-electron chi connectivity index (χ1n) is 16.6. The van der Waals surface area contributed by atoms with E-state index in [1.54, 1.807) is 0 Å². The van der Waals surface area contributed by atoms with Crippen LogP contribution in [-0.4, -0.2) is 14.1 Å². The normalized spacial score (nSPS) is 12.0. The molecule has 0 radical (unpaired) electrons. The van der Waals surface area contributed by atoms with Crippen molar-refractivity contribution >= 4 is 21.8 Å². The number of imidazole rings is 1. The molecule has 6 heteroatoms. The molecule has 0 aliphatic heterocycles. The van der Waals surface area contributed by atoms with Gasteiger partial charge in [0.15, 0.2) is 0 Å². The molecule has 0 N–H and O–H groups in total. The Balaban J connectivity index is 0.00000417. The Bertz CT molecular complexity index is 2330. The molecule has 0 saturated heterocycles. The molecule has 3 heterocycles. The molecular formula is C43H42N4OPt-2. The average Bonchev–Trinajstić information content (AvgIpc) is 3.63. The summed E-state index contributed by atoms with van der Waals surface area (Å²) in [6.07, 6.45) is 7.65. The zero-order valence-corrected chi connectivity index (χ0v) is 31.9. The van der Waals surface area contributed by atoms with Gasteiger partial charge >= 0.3 is 0 Å². The van der Waals surface area contributed by atoms with Crippen molar-refractivity contribution in [3.8, 4) is 28.7 Å². The Morgan fingerprint density at radius 1 is 0.714 bits per heavy atom. The van der Waals surface area contributed by atoms with Gasteiger partial charge in [0.1, 0.15) is 5.82 Å². The Morgan fingerprint density at radius 3 is 2.20 bits per heavy atom. The van der Waals surface area contributed by atoms with Crippen LogP contribution < -0.4 is 9.30 Å². The number of benzene rings is 4. The Kier molecular flexibility index (Phi) is 8.96. The van der Waals surface area contributed by atoms with Gasteiger partial charge in [-0.05, 0) is 83.6 Å². The largest absolute Gasteiger partial charge is 0.510 e. The van der Waals surface area contributed by atoms with E-state index < -0.39 is 0 Å². The number of hydrogen-bond acceptors (Lipinski definition) is 2. The van der Waals surface area contributed by atoms with Crippen molar-refractivity contribution in [2.45, 2.75) is 73.1 Å². The Hall–Kier alpha value is -4.47. The summed E-state index contributed by atoms with van der Waals surface area (Å²) in [4.78, 5) is 4.80. The van der Waals surface area contributed by atoms with Crippen LogP contribution in [-0.2, 0) is 31.9 Å². The minimum Gasteiger partial charge on any atom is -0.510 e. The number of ether oxygens (including phenoxy) is 1. The van der Waals surface area contributed by atoms with Gasteiger partial charge in [-0.2, -0.15) is 18.2 Å². The van der Waals surface area contributed by atoms with Crippen molar-refractivity contribution in [3.05, 3.63) is 138 Å². The molecule has 3 aromatic heterocycles. The van der Waals surface area contributed by atoms with E-state index in [1.807, 2.05) is 35.0 Å². The molecule has 7 rings (SSSR count). The molecule has 0 aliphatic rings. The molecule has 0 unspecified atom stereocenters. The van der Waals surface area contributed by atoms with Gasteiger partial charge in [0.25, 0.3) is 6.33 Å². The van der Waals surface area contributed by atoms with Crippen LogP contribution in [0.4, 0.5) is 0 Å². The van der Waals surface area contributed by atoms with E-state index in [2.05, 4.69) is 151 Å². The van der Waals surface area contributed by atoms with Gasteiger partial charge in [-0.1, -0.05) is 76.9 Å². The summed E-state index contributed by atoms with van der Waals surface area (Å²) in [6, 6.07) is 34.3. The maximum Gasteiger partial charge on any atom is 0.267 e. The molecule has 7 aromatic rings. The van der Waals surface area contributed by atoms with Crippen LogP contribution in [0.15, 0.2) is 91.3 Å². The quantitative estimate of drug-likeness (QED) is 0.128. The zero-order valence-electron chi connectivity index (χ0n) is 29.7. The van der Waals surface area contributed by atoms with Crippen LogP contribution in [0.3, 0.4) is 0 Å². The number of rotatable bonds is 5. The number of hydrogen-bond donors (Lipinski definition) is 0. The predicted molar refractivity (Wildman–Crippen MR) is 194 cm³/mol. The van der Waals surface area contributed by atoms with Crippen LogP contribution in [0.25, 0.3) is 39.0 Å². The van der Waals surface area contributed by atoms with Crippen LogP contribution in [0, 0.1) is 39.2 Å². The molecule has 5 nitrogen and oxygen atoms in total. The van der Waals surface area contributed by atoms with Crippen LogP contribution in [0.5, 0.6) is 11.5 Å². The monoisotopic (exact) mass is 825 g/mol. The molecular weight excluding hydrogens is 784 g/mol. The van der Waals surface area contributed by atoms with Crippen molar-refractivity contribution in [1.82, 2.24) is 14.1 Å². The van der Waals surface area contributed by atoms with E-state index in [9.17, 15) is 0 Å². The number of para-hydroxylation sites is 1. The molecule has 252 valence electrons. The van der Waals surface area contributed by atoms with E-state index in [0.29, 0.717) is 11.5 Å². The van der Waals surface area contributed by atoms with E-state index in [1.165, 1.54) is 22.3 Å². The number of nitrogens with zero attached hydrogens (tertiary/aromatic N) is 4. The topological polar surface area (TPSA) is 35.9 Å². The van der Waals surface area contributed by atoms with Gasteiger partial charge in [0, 0.05) is 50.5 Å². The van der Waals surface area contributed by atoms with Gasteiger partial charge in [-0.15, -0.1) is 29.7 Å². The number of aromatic nitrogens is 4. The maximum atomic E-state index is 6.47. The predicted octanol–water partition coefficient (Wildman–Crippen LogP) is 9.96. The Labute approximate surface area is 304 Å². The minimum absolute atomic E-state index is 0. The number of pyridine rings is 1. The zero-order chi connectivity index (χ0) is 34.0. The van der Waals surface area contributed by atoms with Crippen molar-refractivity contribution in [3.63, 3.8) is 0 Å². The number of fused-ring (bicyclic) bond motifs is 3. The third-order valence-corrected chi connectivity index (χ3v) is 9.15. The van der Waals surface area contributed by atoms with Gasteiger partial charge in [0.2, 0.25) is 0 Å². The third-order valence-electron chi connectivity index (χ3n) is 9.15. The molecule has 0 bridgehead atoms. The summed E-state index contributed by atoms with van der Waals surface area (Å²) in [7, 11) is 0. The maximum absolute atomic E-state index is 6.47. The van der Waals surface area contributed by atoms with E-state index in [4.69, 9.17) is 9.72 Å². The first-order chi connectivity index (χ1) is 22.8. The fraction of sp³-hybridized carbons (Fsp3) is 0.256. The van der Waals surface area contributed by atoms with Crippen LogP contribution in [0.1, 0.15) is 69.5 Å². The summed E-state index contributed by atoms with van der Waals surface area (Å²) >= 11 is 0. The molecule has 0 saturated carbocycles. The molecule has 0 amide bonds. The fourth-order valence-corrected chi connectivity index (χ4v) is 6.33. The minimum atomic E-state index is -0.106. The van der Waals surface area contributed by atoms with E-state index in [-0.39, 0.29) is 31.9 Å². The summed E-state index contributed by atoms with van der Waals surface area (Å²) < 4.78 is 12.9. The van der Waals surface area contributed by atoms with E-state index in [0.717, 1.165) is 44.7 Å². The summed E-state index contributed by atoms with van der Waals surface area (Å²) in [6.45, 7) is 19.9. The fourth-order valence-electron chi connectivity index (χ4n) is 6.33. The standard InChI is InChI=1S/C43H42N4O.Pt/c1-28-21-30(3)38(22-29(28)2)46-27-45(26-40(46)43(7,8)9)32-13-12-14-33(24-32)48-34-17-18-36-35-15-10-11-16-37(35)47(39(36)25-34)41-23-31(19-20-44-41)42(4,5)6;/h10-23,26H,1-9H3;/q-2;. The summed E-state index contributed by atoms with van der Waals surface area (Å²) in [5.74, 6) is 2.08. The SMILES string of the molecule is Cc1cc(C)c(-[n+]2[c-]n(-c3[c-]c(Oc4[c-]c5c(cc4)c4ccccc4n5-c4cc(C(C)(C)C)ccn4)ccc3)cc2C(C)(C)C)cc1C.[Pt]. The molecule has 49 heavy (non-hydrogen) atoms. The smallest absolute Gasteiger partial charge is 0.267 e. The van der Waals surface area contributed by atoms with Crippen LogP contribution >= 0.6 is 0 Å². The molecule has 4 aromatic carbocycles. The first-order valence-corrected chi connectivity index (χ1v) is 16.6. The Morgan fingerprint density at radius 2 is 1.45 bits per heavy atom. The van der Waals surface area contributed by atoms with E-state index >= 15 is 0 Å². The van der Waals surface area contributed by atoms with Crippen LogP contribution in [0.2, 0.25) is 0 Å². The molecule has 0 atom stereocenters. The summed E-state index contributed by atoms with van der Waals surface area (Å²) in [5, 5.41) is 2.25. The molecule has 0 fully saturated rings. The molecule has 0 spiro atoms. The van der Waals surface area contributed by atoms with Crippen molar-refractivity contribution in [2.24, 2.45) is 0 Å². The van der Waals surface area contributed by atoms with Gasteiger partial charge < -0.3 is 13.9 Å². The third kappa shape index (κ3) is 6.49. The van der Waals surface area contributed by atoms with Gasteiger partial charge in [0.05, 0.1) is 11.4 Å². The van der Waals surface area contributed by atoms with Gasteiger partial charge in [-0.25, -0.2) is 4.98 Å². The number of aryl methyl sites for hydroxylation is 3. The van der Waals surface area contributed by atoms with Crippen molar-refractivity contribution < 1.29 is 30.4 Å². The average molecular weight is 826 g/mol. The van der Waals surface area contributed by atoms with Crippen molar-refractivity contribution in [2.75, 3.05) is 0 Å². The van der Waals surface area contributed by atoms with Crippen molar-refractivity contribution in [1.29, 1.82) is 0 Å². The summed E-state index contributed by atoms with van der Waals surface area (Å²) in [5.41, 5.74) is 10.0. The van der Waals surface area contributed by atoms with Gasteiger partial charge in [-0.3, -0.25) is 4.57 Å².